The Labute approximate surface area is 233 Å². The van der Waals surface area contributed by atoms with Crippen LogP contribution in [-0.4, -0.2) is 72.6 Å². The van der Waals surface area contributed by atoms with E-state index < -0.39 is 29.2 Å². The average molecular weight is 589 g/mol. The second-order valence-electron chi connectivity index (χ2n) is 10.6. The summed E-state index contributed by atoms with van der Waals surface area (Å²) in [5, 5.41) is 11.0. The number of ether oxygens (including phenoxy) is 1. The lowest BCUT2D eigenvalue weighted by atomic mass is 9.83. The van der Waals surface area contributed by atoms with Gasteiger partial charge in [-0.2, -0.15) is 22.0 Å². The number of aliphatic hydroxyl groups is 1. The minimum absolute atomic E-state index is 0.0480. The Morgan fingerprint density at radius 3 is 2.23 bits per heavy atom. The van der Waals surface area contributed by atoms with Crippen LogP contribution in [0.5, 0.6) is 5.75 Å². The summed E-state index contributed by atoms with van der Waals surface area (Å²) in [7, 11) is 3.25. The largest absolute Gasteiger partial charge is 0.493 e. The zero-order valence-electron chi connectivity index (χ0n) is 21.9. The summed E-state index contributed by atoms with van der Waals surface area (Å²) >= 11 is 6.23. The van der Waals surface area contributed by atoms with Crippen molar-refractivity contribution in [1.29, 1.82) is 0 Å². The monoisotopic (exact) mass is 588 g/mol. The third-order valence-corrected chi connectivity index (χ3v) is 8.08. The predicted octanol–water partition coefficient (Wildman–Crippen LogP) is 5.38. The topological polar surface area (TPSA) is 70.1 Å². The van der Waals surface area contributed by atoms with Crippen molar-refractivity contribution >= 4 is 23.4 Å². The molecule has 1 saturated heterocycles. The number of likely N-dealkylation sites (tertiary alicyclic amines) is 1. The molecule has 0 bridgehead atoms. The Morgan fingerprint density at radius 1 is 1.05 bits per heavy atom. The minimum Gasteiger partial charge on any atom is -0.493 e. The molecular formula is C28H30ClF5N2O4. The first-order valence-corrected chi connectivity index (χ1v) is 13.2. The number of hydrogen-bond donors (Lipinski definition) is 1. The fourth-order valence-electron chi connectivity index (χ4n) is 5.33. The molecule has 0 spiro atoms. The number of benzene rings is 2. The molecular weight excluding hydrogens is 559 g/mol. The zero-order valence-corrected chi connectivity index (χ0v) is 22.7. The van der Waals surface area contributed by atoms with Crippen molar-refractivity contribution < 1.29 is 41.4 Å². The number of nitrogens with zero attached hydrogens (tertiary/aromatic N) is 2. The molecule has 2 aliphatic rings. The maximum atomic E-state index is 14.6. The summed E-state index contributed by atoms with van der Waals surface area (Å²) in [4.78, 5) is 27.5. The molecule has 0 unspecified atom stereocenters. The van der Waals surface area contributed by atoms with Crippen molar-refractivity contribution in [3.8, 4) is 5.75 Å². The summed E-state index contributed by atoms with van der Waals surface area (Å²) in [6.45, 7) is 0.300. The predicted molar refractivity (Wildman–Crippen MR) is 137 cm³/mol. The van der Waals surface area contributed by atoms with Crippen LogP contribution in [0.15, 0.2) is 48.5 Å². The molecule has 1 saturated carbocycles. The molecule has 3 atom stereocenters. The van der Waals surface area contributed by atoms with Crippen LogP contribution in [0, 0.1) is 17.8 Å². The Kier molecular flexibility index (Phi) is 8.38. The van der Waals surface area contributed by atoms with Crippen molar-refractivity contribution in [2.45, 2.75) is 37.0 Å². The number of carbonyl (C=O) groups is 2. The lowest BCUT2D eigenvalue weighted by Gasteiger charge is -2.41. The molecule has 2 aromatic carbocycles. The van der Waals surface area contributed by atoms with E-state index in [4.69, 9.17) is 16.3 Å². The van der Waals surface area contributed by atoms with Crippen LogP contribution in [0.4, 0.5) is 22.0 Å². The van der Waals surface area contributed by atoms with Crippen molar-refractivity contribution in [2.75, 3.05) is 33.8 Å². The molecule has 4 rings (SSSR count). The van der Waals surface area contributed by atoms with Gasteiger partial charge in [0.15, 0.2) is 0 Å². The number of rotatable bonds is 8. The van der Waals surface area contributed by atoms with Gasteiger partial charge in [0.05, 0.1) is 17.2 Å². The summed E-state index contributed by atoms with van der Waals surface area (Å²) in [6, 6.07) is 10.4. The number of carbonyl (C=O) groups excluding carboxylic acids is 2. The summed E-state index contributed by atoms with van der Waals surface area (Å²) < 4.78 is 75.1. The fraction of sp³-hybridized carbons (Fsp3) is 0.500. The highest BCUT2D eigenvalue weighted by Crippen LogP contribution is 2.51. The van der Waals surface area contributed by atoms with E-state index in [2.05, 4.69) is 0 Å². The highest BCUT2D eigenvalue weighted by molar-refractivity contribution is 6.34. The van der Waals surface area contributed by atoms with Gasteiger partial charge in [-0.15, -0.1) is 0 Å². The van der Waals surface area contributed by atoms with Gasteiger partial charge in [-0.05, 0) is 60.8 Å². The molecule has 1 aliphatic heterocycles. The lowest BCUT2D eigenvalue weighted by Crippen LogP contribution is -2.63. The van der Waals surface area contributed by atoms with E-state index in [-0.39, 0.29) is 41.8 Å². The van der Waals surface area contributed by atoms with Gasteiger partial charge >= 0.3 is 12.1 Å². The number of halogens is 6. The van der Waals surface area contributed by atoms with E-state index in [1.54, 1.807) is 32.3 Å². The van der Waals surface area contributed by atoms with Crippen LogP contribution in [0.2, 0.25) is 5.02 Å². The van der Waals surface area contributed by atoms with Crippen molar-refractivity contribution in [2.24, 2.45) is 17.8 Å². The summed E-state index contributed by atoms with van der Waals surface area (Å²) in [6.07, 6.45) is -4.48. The van der Waals surface area contributed by atoms with Gasteiger partial charge < -0.3 is 19.6 Å². The maximum absolute atomic E-state index is 14.6. The van der Waals surface area contributed by atoms with Gasteiger partial charge in [0, 0.05) is 27.2 Å². The first-order chi connectivity index (χ1) is 18.7. The van der Waals surface area contributed by atoms with Crippen LogP contribution < -0.4 is 4.74 Å². The highest BCUT2D eigenvalue weighted by Gasteiger charge is 2.74. The van der Waals surface area contributed by atoms with E-state index >= 15 is 0 Å². The van der Waals surface area contributed by atoms with Crippen LogP contribution >= 0.6 is 11.6 Å². The molecule has 218 valence electrons. The van der Waals surface area contributed by atoms with Crippen molar-refractivity contribution in [3.63, 3.8) is 0 Å². The molecule has 12 heteroatoms. The first kappa shape index (κ1) is 30.0. The van der Waals surface area contributed by atoms with Crippen LogP contribution in [0.1, 0.15) is 35.2 Å². The number of piperidine rings is 1. The number of alkyl halides is 5. The van der Waals surface area contributed by atoms with Gasteiger partial charge in [-0.1, -0.05) is 41.9 Å². The molecule has 1 heterocycles. The van der Waals surface area contributed by atoms with Crippen molar-refractivity contribution in [1.82, 2.24) is 9.80 Å². The molecule has 2 fully saturated rings. The van der Waals surface area contributed by atoms with E-state index in [9.17, 15) is 36.6 Å². The summed E-state index contributed by atoms with van der Waals surface area (Å²) in [5.41, 5.74) is -4.54. The van der Waals surface area contributed by atoms with Crippen LogP contribution in [-0.2, 0) is 10.4 Å². The van der Waals surface area contributed by atoms with Gasteiger partial charge in [-0.3, -0.25) is 9.59 Å². The smallest absolute Gasteiger partial charge is 0.457 e. The van der Waals surface area contributed by atoms with Crippen LogP contribution in [0.3, 0.4) is 0 Å². The number of hydrogen-bond acceptors (Lipinski definition) is 4. The number of amides is 2. The van der Waals surface area contributed by atoms with Gasteiger partial charge in [0.25, 0.3) is 11.8 Å². The molecule has 2 amide bonds. The second-order valence-corrected chi connectivity index (χ2v) is 11.0. The van der Waals surface area contributed by atoms with Crippen molar-refractivity contribution in [3.05, 3.63) is 64.7 Å². The Hall–Kier alpha value is -2.92. The van der Waals surface area contributed by atoms with Gasteiger partial charge in [-0.25, -0.2) is 0 Å². The standard InChI is InChI=1S/C28H30ClF5N2O4/c1-35(2)24(37)21-9-8-20(15-23(21)29)40-16-18-14-22(18)17-10-12-36(13-11-17)25(38)26(39,19-6-4-3-5-7-19)27(30,31)28(32,33)34/h3-9,15,17-18,22,39H,10-14,16H2,1-2H3/t18-,22-,26+/m0/s1. The Bertz CT molecular complexity index is 1230. The Balaban J connectivity index is 1.35. The molecule has 40 heavy (non-hydrogen) atoms. The lowest BCUT2D eigenvalue weighted by molar-refractivity contribution is -0.339. The SMILES string of the molecule is CN(C)C(=O)c1ccc(OC[C@@H]2C[C@H]2C2CCN(C(=O)[C@](O)(c3ccccc3)C(F)(F)C(F)(F)F)CC2)cc1Cl. The molecule has 1 N–H and O–H groups in total. The molecule has 1 aliphatic carbocycles. The molecule has 6 nitrogen and oxygen atoms in total. The normalized spacial score (nSPS) is 21.5. The molecule has 0 aromatic heterocycles. The van der Waals surface area contributed by atoms with E-state index in [1.165, 1.54) is 23.1 Å². The third-order valence-electron chi connectivity index (χ3n) is 7.76. The van der Waals surface area contributed by atoms with E-state index in [0.717, 1.165) is 23.5 Å². The minimum atomic E-state index is -6.14. The van der Waals surface area contributed by atoms with Gasteiger partial charge in [0.1, 0.15) is 5.75 Å². The fourth-order valence-corrected chi connectivity index (χ4v) is 5.58. The second kappa shape index (κ2) is 11.2. The third kappa shape index (κ3) is 5.63. The average Bonchev–Trinajstić information content (AvgIpc) is 3.70. The molecule has 2 aromatic rings. The van der Waals surface area contributed by atoms with Crippen LogP contribution in [0.25, 0.3) is 0 Å². The summed E-state index contributed by atoms with van der Waals surface area (Å²) in [5.74, 6) is -6.48. The van der Waals surface area contributed by atoms with Gasteiger partial charge in [0.2, 0.25) is 5.60 Å². The van der Waals surface area contributed by atoms with E-state index in [1.807, 2.05) is 0 Å². The Morgan fingerprint density at radius 2 is 1.68 bits per heavy atom. The highest BCUT2D eigenvalue weighted by atomic mass is 35.5. The first-order valence-electron chi connectivity index (χ1n) is 12.8. The van der Waals surface area contributed by atoms with E-state index in [0.29, 0.717) is 30.8 Å². The molecule has 0 radical (unpaired) electrons. The maximum Gasteiger partial charge on any atom is 0.457 e. The zero-order chi connectivity index (χ0) is 29.5. The quantitative estimate of drug-likeness (QED) is 0.421.